The van der Waals surface area contributed by atoms with Crippen molar-refractivity contribution in [3.63, 3.8) is 0 Å². The van der Waals surface area contributed by atoms with Gasteiger partial charge in [0.15, 0.2) is 0 Å². The SMILES string of the molecule is O=C(O)C1CCCC(CC(F)(F)F)N1C(=O)OCc1ccccc1. The highest BCUT2D eigenvalue weighted by molar-refractivity contribution is 5.80. The first-order valence-electron chi connectivity index (χ1n) is 7.56. The van der Waals surface area contributed by atoms with Gasteiger partial charge in [-0.25, -0.2) is 9.59 Å². The molecule has 2 atom stereocenters. The van der Waals surface area contributed by atoms with Crippen molar-refractivity contribution in [2.75, 3.05) is 0 Å². The largest absolute Gasteiger partial charge is 0.480 e. The fourth-order valence-electron chi connectivity index (χ4n) is 2.86. The molecule has 1 aromatic rings. The van der Waals surface area contributed by atoms with E-state index >= 15 is 0 Å². The maximum atomic E-state index is 12.7. The van der Waals surface area contributed by atoms with E-state index in [0.29, 0.717) is 12.0 Å². The second-order valence-electron chi connectivity index (χ2n) is 5.71. The maximum absolute atomic E-state index is 12.7. The summed E-state index contributed by atoms with van der Waals surface area (Å²) >= 11 is 0. The predicted molar refractivity (Wildman–Crippen MR) is 78.2 cm³/mol. The van der Waals surface area contributed by atoms with Crippen molar-refractivity contribution in [1.29, 1.82) is 0 Å². The number of likely N-dealkylation sites (tertiary alicyclic amines) is 1. The highest BCUT2D eigenvalue weighted by Gasteiger charge is 2.44. The minimum Gasteiger partial charge on any atom is -0.480 e. The van der Waals surface area contributed by atoms with Crippen LogP contribution >= 0.6 is 0 Å². The molecule has 0 radical (unpaired) electrons. The van der Waals surface area contributed by atoms with E-state index in [1.54, 1.807) is 30.3 Å². The Bertz CT molecular complexity index is 576. The molecule has 0 aliphatic carbocycles. The van der Waals surface area contributed by atoms with Crippen LogP contribution in [0.3, 0.4) is 0 Å². The molecule has 1 fully saturated rings. The number of carbonyl (C=O) groups excluding carboxylic acids is 1. The predicted octanol–water partition coefficient (Wildman–Crippen LogP) is 3.58. The van der Waals surface area contributed by atoms with Gasteiger partial charge in [0, 0.05) is 6.04 Å². The lowest BCUT2D eigenvalue weighted by Crippen LogP contribution is -2.54. The van der Waals surface area contributed by atoms with Crippen molar-refractivity contribution in [2.24, 2.45) is 0 Å². The molecule has 1 saturated heterocycles. The van der Waals surface area contributed by atoms with Crippen molar-refractivity contribution in [3.8, 4) is 0 Å². The number of carbonyl (C=O) groups is 2. The van der Waals surface area contributed by atoms with Crippen LogP contribution in [0.4, 0.5) is 18.0 Å². The minimum atomic E-state index is -4.48. The molecule has 8 heteroatoms. The first-order valence-corrected chi connectivity index (χ1v) is 7.56. The Hall–Kier alpha value is -2.25. The minimum absolute atomic E-state index is 0.101. The zero-order valence-corrected chi connectivity index (χ0v) is 12.8. The maximum Gasteiger partial charge on any atom is 0.411 e. The summed E-state index contributed by atoms with van der Waals surface area (Å²) in [6, 6.07) is 6.12. The van der Waals surface area contributed by atoms with E-state index in [1.807, 2.05) is 0 Å². The molecule has 24 heavy (non-hydrogen) atoms. The second kappa shape index (κ2) is 7.55. The Morgan fingerprint density at radius 3 is 2.46 bits per heavy atom. The molecule has 2 rings (SSSR count). The van der Waals surface area contributed by atoms with Crippen LogP contribution < -0.4 is 0 Å². The fraction of sp³-hybridized carbons (Fsp3) is 0.500. The lowest BCUT2D eigenvalue weighted by atomic mass is 9.94. The summed E-state index contributed by atoms with van der Waals surface area (Å²) < 4.78 is 43.2. The third-order valence-corrected chi connectivity index (χ3v) is 3.91. The second-order valence-corrected chi connectivity index (χ2v) is 5.71. The standard InChI is InChI=1S/C16H18F3NO4/c17-16(18,19)9-12-7-4-8-13(14(21)22)20(12)15(23)24-10-11-5-2-1-3-6-11/h1-3,5-6,12-13H,4,7-10H2,(H,21,22). The van der Waals surface area contributed by atoms with Crippen molar-refractivity contribution in [1.82, 2.24) is 4.90 Å². The molecule has 0 saturated carbocycles. The summed E-state index contributed by atoms with van der Waals surface area (Å²) in [5, 5.41) is 9.23. The molecule has 0 bridgehead atoms. The molecule has 1 N–H and O–H groups in total. The average Bonchev–Trinajstić information content (AvgIpc) is 2.51. The Labute approximate surface area is 137 Å². The number of carboxylic acids is 1. The average molecular weight is 345 g/mol. The van der Waals surface area contributed by atoms with Crippen LogP contribution in [-0.2, 0) is 16.1 Å². The molecule has 1 aromatic carbocycles. The Morgan fingerprint density at radius 1 is 1.21 bits per heavy atom. The van der Waals surface area contributed by atoms with E-state index in [4.69, 9.17) is 4.74 Å². The van der Waals surface area contributed by atoms with Gasteiger partial charge in [-0.2, -0.15) is 13.2 Å². The molecule has 1 aliphatic rings. The molecule has 0 aromatic heterocycles. The smallest absolute Gasteiger partial charge is 0.411 e. The summed E-state index contributed by atoms with van der Waals surface area (Å²) in [5.41, 5.74) is 0.669. The molecule has 1 aliphatic heterocycles. The van der Waals surface area contributed by atoms with Gasteiger partial charge in [-0.15, -0.1) is 0 Å². The molecule has 0 spiro atoms. The van der Waals surface area contributed by atoms with Gasteiger partial charge in [-0.1, -0.05) is 30.3 Å². The summed E-state index contributed by atoms with van der Waals surface area (Å²) in [6.45, 7) is -0.124. The number of nitrogens with zero attached hydrogens (tertiary/aromatic N) is 1. The number of amides is 1. The number of halogens is 3. The first kappa shape index (κ1) is 18.1. The van der Waals surface area contributed by atoms with E-state index in [0.717, 1.165) is 4.90 Å². The number of ether oxygens (including phenoxy) is 1. The first-order chi connectivity index (χ1) is 11.3. The Kier molecular flexibility index (Phi) is 5.69. The number of benzene rings is 1. The zero-order valence-electron chi connectivity index (χ0n) is 12.8. The molecule has 5 nitrogen and oxygen atoms in total. The van der Waals surface area contributed by atoms with Crippen molar-refractivity contribution in [2.45, 2.75) is 50.6 Å². The van der Waals surface area contributed by atoms with Gasteiger partial charge in [-0.3, -0.25) is 4.90 Å². The number of piperidine rings is 1. The molecular formula is C16H18F3NO4. The van der Waals surface area contributed by atoms with E-state index in [2.05, 4.69) is 0 Å². The van der Waals surface area contributed by atoms with Gasteiger partial charge in [0.25, 0.3) is 0 Å². The Balaban J connectivity index is 2.11. The third-order valence-electron chi connectivity index (χ3n) is 3.91. The topological polar surface area (TPSA) is 66.8 Å². The van der Waals surface area contributed by atoms with Gasteiger partial charge in [-0.05, 0) is 24.8 Å². The van der Waals surface area contributed by atoms with Gasteiger partial charge >= 0.3 is 18.2 Å². The molecule has 1 amide bonds. The number of alkyl halides is 3. The van der Waals surface area contributed by atoms with Crippen molar-refractivity contribution >= 4 is 12.1 Å². The van der Waals surface area contributed by atoms with Gasteiger partial charge in [0.1, 0.15) is 12.6 Å². The summed E-state index contributed by atoms with van der Waals surface area (Å²) in [5.74, 6) is -1.32. The number of rotatable bonds is 4. The van der Waals surface area contributed by atoms with Crippen molar-refractivity contribution < 1.29 is 32.6 Å². The molecule has 2 unspecified atom stereocenters. The fourth-order valence-corrected chi connectivity index (χ4v) is 2.86. The molecule has 1 heterocycles. The molecular weight excluding hydrogens is 327 g/mol. The zero-order chi connectivity index (χ0) is 17.7. The van der Waals surface area contributed by atoms with Crippen LogP contribution in [0.25, 0.3) is 0 Å². The van der Waals surface area contributed by atoms with Crippen LogP contribution in [0.2, 0.25) is 0 Å². The number of aliphatic carboxylic acids is 1. The van der Waals surface area contributed by atoms with Crippen LogP contribution in [0.5, 0.6) is 0 Å². The van der Waals surface area contributed by atoms with Crippen molar-refractivity contribution in [3.05, 3.63) is 35.9 Å². The van der Waals surface area contributed by atoms with E-state index < -0.39 is 36.7 Å². The summed E-state index contributed by atoms with van der Waals surface area (Å²) in [6.07, 6.45) is -6.21. The van der Waals surface area contributed by atoms with Crippen LogP contribution in [0.15, 0.2) is 30.3 Å². The third kappa shape index (κ3) is 4.87. The monoisotopic (exact) mass is 345 g/mol. The lowest BCUT2D eigenvalue weighted by Gasteiger charge is -2.39. The van der Waals surface area contributed by atoms with Gasteiger partial charge in [0.05, 0.1) is 6.42 Å². The summed E-state index contributed by atoms with van der Waals surface area (Å²) in [4.78, 5) is 24.3. The quantitative estimate of drug-likeness (QED) is 0.906. The normalized spacial score (nSPS) is 21.4. The molecule has 132 valence electrons. The van der Waals surface area contributed by atoms with E-state index in [1.165, 1.54) is 0 Å². The number of carboxylic acid groups (broad SMARTS) is 1. The van der Waals surface area contributed by atoms with Crippen LogP contribution in [-0.4, -0.2) is 40.3 Å². The number of hydrogen-bond donors (Lipinski definition) is 1. The number of hydrogen-bond acceptors (Lipinski definition) is 3. The lowest BCUT2D eigenvalue weighted by molar-refractivity contribution is -0.159. The van der Waals surface area contributed by atoms with Gasteiger partial charge < -0.3 is 9.84 Å². The van der Waals surface area contributed by atoms with Crippen LogP contribution in [0.1, 0.15) is 31.2 Å². The van der Waals surface area contributed by atoms with Crippen LogP contribution in [0, 0.1) is 0 Å². The Morgan fingerprint density at radius 2 is 1.88 bits per heavy atom. The van der Waals surface area contributed by atoms with E-state index in [9.17, 15) is 27.9 Å². The summed E-state index contributed by atoms with van der Waals surface area (Å²) in [7, 11) is 0. The highest BCUT2D eigenvalue weighted by Crippen LogP contribution is 2.32. The van der Waals surface area contributed by atoms with E-state index in [-0.39, 0.29) is 19.4 Å². The van der Waals surface area contributed by atoms with Gasteiger partial charge in [0.2, 0.25) is 0 Å². The highest BCUT2D eigenvalue weighted by atomic mass is 19.4.